The SMILES string of the molecule is O[C@@H]1C[C@H]2CN(C/C=C/c3ccco3)C[C@H]2C[C@H]1n1cc(C2(O)CCCC2)nn1. The average molecular weight is 399 g/mol. The molecule has 29 heavy (non-hydrogen) atoms. The monoisotopic (exact) mass is 398 g/mol. The van der Waals surface area contributed by atoms with Crippen molar-refractivity contribution in [3.8, 4) is 0 Å². The van der Waals surface area contributed by atoms with Crippen molar-refractivity contribution >= 4 is 6.08 Å². The maximum atomic E-state index is 10.8. The summed E-state index contributed by atoms with van der Waals surface area (Å²) in [7, 11) is 0. The van der Waals surface area contributed by atoms with Crippen molar-refractivity contribution in [3.63, 3.8) is 0 Å². The van der Waals surface area contributed by atoms with Crippen LogP contribution in [0.15, 0.2) is 35.1 Å². The normalized spacial score (nSPS) is 32.2. The van der Waals surface area contributed by atoms with Crippen LogP contribution in [0.3, 0.4) is 0 Å². The lowest BCUT2D eigenvalue weighted by atomic mass is 9.77. The number of hydrogen-bond acceptors (Lipinski definition) is 6. The predicted molar refractivity (Wildman–Crippen MR) is 108 cm³/mol. The number of fused-ring (bicyclic) bond motifs is 1. The van der Waals surface area contributed by atoms with E-state index in [1.165, 1.54) is 0 Å². The maximum absolute atomic E-state index is 10.8. The molecule has 0 spiro atoms. The first-order valence-corrected chi connectivity index (χ1v) is 10.9. The zero-order valence-corrected chi connectivity index (χ0v) is 16.7. The summed E-state index contributed by atoms with van der Waals surface area (Å²) in [5.41, 5.74) is -0.161. The fourth-order valence-corrected chi connectivity index (χ4v) is 5.51. The second kappa shape index (κ2) is 7.70. The van der Waals surface area contributed by atoms with Gasteiger partial charge in [-0.2, -0.15) is 0 Å². The molecule has 1 saturated heterocycles. The Morgan fingerprint density at radius 2 is 2.00 bits per heavy atom. The summed E-state index contributed by atoms with van der Waals surface area (Å²) in [5.74, 6) is 1.96. The van der Waals surface area contributed by atoms with Gasteiger partial charge >= 0.3 is 0 Å². The molecule has 2 aromatic rings. The van der Waals surface area contributed by atoms with Crippen molar-refractivity contribution in [3.05, 3.63) is 42.1 Å². The van der Waals surface area contributed by atoms with Crippen LogP contribution >= 0.6 is 0 Å². The minimum Gasteiger partial charge on any atom is -0.465 e. The van der Waals surface area contributed by atoms with Gasteiger partial charge in [-0.1, -0.05) is 24.1 Å². The summed E-state index contributed by atoms with van der Waals surface area (Å²) in [6, 6.07) is 3.79. The Morgan fingerprint density at radius 1 is 1.21 bits per heavy atom. The minimum atomic E-state index is -0.828. The fourth-order valence-electron chi connectivity index (χ4n) is 5.51. The maximum Gasteiger partial charge on any atom is 0.126 e. The molecule has 2 aliphatic carbocycles. The van der Waals surface area contributed by atoms with E-state index in [-0.39, 0.29) is 6.04 Å². The van der Waals surface area contributed by atoms with Crippen LogP contribution < -0.4 is 0 Å². The van der Waals surface area contributed by atoms with Gasteiger partial charge in [0.25, 0.3) is 0 Å². The molecule has 2 saturated carbocycles. The summed E-state index contributed by atoms with van der Waals surface area (Å²) in [6.45, 7) is 2.97. The molecule has 3 heterocycles. The topological polar surface area (TPSA) is 87.5 Å². The Bertz CT molecular complexity index is 840. The highest BCUT2D eigenvalue weighted by molar-refractivity contribution is 5.42. The molecule has 7 heteroatoms. The van der Waals surface area contributed by atoms with Crippen LogP contribution in [0.1, 0.15) is 56.0 Å². The summed E-state index contributed by atoms with van der Waals surface area (Å²) in [5, 5.41) is 30.1. The van der Waals surface area contributed by atoms with Gasteiger partial charge in [0.15, 0.2) is 0 Å². The van der Waals surface area contributed by atoms with Gasteiger partial charge in [0.05, 0.1) is 24.6 Å². The quantitative estimate of drug-likeness (QED) is 0.805. The number of aromatic nitrogens is 3. The van der Waals surface area contributed by atoms with Crippen molar-refractivity contribution in [2.45, 2.75) is 56.3 Å². The molecule has 0 radical (unpaired) electrons. The van der Waals surface area contributed by atoms with E-state index in [2.05, 4.69) is 21.3 Å². The van der Waals surface area contributed by atoms with Crippen LogP contribution in [0.5, 0.6) is 0 Å². The molecule has 0 amide bonds. The van der Waals surface area contributed by atoms with E-state index in [0.717, 1.165) is 63.9 Å². The van der Waals surface area contributed by atoms with Gasteiger partial charge in [0.2, 0.25) is 0 Å². The third-order valence-corrected chi connectivity index (χ3v) is 7.13. The fraction of sp³-hybridized carbons (Fsp3) is 0.636. The van der Waals surface area contributed by atoms with E-state index < -0.39 is 11.7 Å². The Morgan fingerprint density at radius 3 is 2.76 bits per heavy atom. The Kier molecular flexibility index (Phi) is 5.05. The number of rotatable bonds is 5. The summed E-state index contributed by atoms with van der Waals surface area (Å²) < 4.78 is 7.16. The molecule has 156 valence electrons. The lowest BCUT2D eigenvalue weighted by Crippen LogP contribution is -2.36. The Labute approximate surface area is 171 Å². The molecule has 3 aliphatic rings. The van der Waals surface area contributed by atoms with Crippen molar-refractivity contribution < 1.29 is 14.6 Å². The molecule has 2 aromatic heterocycles. The van der Waals surface area contributed by atoms with Crippen molar-refractivity contribution in [1.29, 1.82) is 0 Å². The van der Waals surface area contributed by atoms with Crippen LogP contribution in [-0.4, -0.2) is 55.8 Å². The Hall–Kier alpha value is -1.96. The molecular formula is C22H30N4O3. The third-order valence-electron chi connectivity index (χ3n) is 7.13. The average Bonchev–Trinajstić information content (AvgIpc) is 3.48. The van der Waals surface area contributed by atoms with Gasteiger partial charge in [-0.05, 0) is 55.7 Å². The van der Waals surface area contributed by atoms with Gasteiger partial charge in [0, 0.05) is 19.6 Å². The van der Waals surface area contributed by atoms with E-state index in [0.29, 0.717) is 17.5 Å². The number of nitrogens with zero attached hydrogens (tertiary/aromatic N) is 4. The van der Waals surface area contributed by atoms with Crippen LogP contribution in [-0.2, 0) is 5.60 Å². The number of aliphatic hydroxyl groups excluding tert-OH is 1. The summed E-state index contributed by atoms with van der Waals surface area (Å²) >= 11 is 0. The largest absolute Gasteiger partial charge is 0.465 e. The lowest BCUT2D eigenvalue weighted by Gasteiger charge is -2.35. The van der Waals surface area contributed by atoms with Crippen molar-refractivity contribution in [2.75, 3.05) is 19.6 Å². The first kappa shape index (κ1) is 19.0. The zero-order chi connectivity index (χ0) is 19.8. The van der Waals surface area contributed by atoms with E-state index in [4.69, 9.17) is 4.42 Å². The highest BCUT2D eigenvalue weighted by Gasteiger charge is 2.43. The van der Waals surface area contributed by atoms with Crippen LogP contribution in [0.25, 0.3) is 6.08 Å². The highest BCUT2D eigenvalue weighted by atomic mass is 16.3. The molecular weight excluding hydrogens is 368 g/mol. The number of aliphatic hydroxyl groups is 2. The highest BCUT2D eigenvalue weighted by Crippen LogP contribution is 2.42. The van der Waals surface area contributed by atoms with Gasteiger partial charge in [0.1, 0.15) is 17.1 Å². The van der Waals surface area contributed by atoms with E-state index in [1.807, 2.05) is 29.1 Å². The van der Waals surface area contributed by atoms with Crippen LogP contribution in [0.4, 0.5) is 0 Å². The molecule has 2 N–H and O–H groups in total. The molecule has 0 aromatic carbocycles. The van der Waals surface area contributed by atoms with E-state index in [1.54, 1.807) is 6.26 Å². The van der Waals surface area contributed by atoms with Gasteiger partial charge in [-0.25, -0.2) is 4.68 Å². The van der Waals surface area contributed by atoms with E-state index >= 15 is 0 Å². The molecule has 4 atom stereocenters. The number of hydrogen-bond donors (Lipinski definition) is 2. The van der Waals surface area contributed by atoms with Crippen LogP contribution in [0, 0.1) is 11.8 Å². The third kappa shape index (κ3) is 3.79. The predicted octanol–water partition coefficient (Wildman–Crippen LogP) is 2.59. The lowest BCUT2D eigenvalue weighted by molar-refractivity contribution is 0.0290. The number of furan rings is 1. The van der Waals surface area contributed by atoms with Gasteiger partial charge < -0.3 is 14.6 Å². The number of likely N-dealkylation sites (tertiary alicyclic amines) is 1. The van der Waals surface area contributed by atoms with Gasteiger partial charge in [-0.3, -0.25) is 4.90 Å². The molecule has 0 unspecified atom stereocenters. The summed E-state index contributed by atoms with van der Waals surface area (Å²) in [4.78, 5) is 2.46. The Balaban J connectivity index is 1.22. The smallest absolute Gasteiger partial charge is 0.126 e. The second-order valence-electron chi connectivity index (χ2n) is 9.09. The molecule has 7 nitrogen and oxygen atoms in total. The first-order chi connectivity index (χ1) is 14.1. The van der Waals surface area contributed by atoms with Crippen LogP contribution in [0.2, 0.25) is 0 Å². The summed E-state index contributed by atoms with van der Waals surface area (Å²) in [6.07, 6.45) is 12.6. The molecule has 5 rings (SSSR count). The standard InChI is InChI=1S/C22H30N4O3/c27-20-12-17-14-25(9-3-5-18-6-4-10-29-18)13-16(17)11-19(20)26-15-21(23-24-26)22(28)7-1-2-8-22/h3-6,10,15-17,19-20,27-28H,1-2,7-9,11-14H2/b5-3+/t16-,17+,19-,20-/m1/s1. The molecule has 1 aliphatic heterocycles. The van der Waals surface area contributed by atoms with Crippen molar-refractivity contribution in [1.82, 2.24) is 19.9 Å². The van der Waals surface area contributed by atoms with Gasteiger partial charge in [-0.15, -0.1) is 5.10 Å². The zero-order valence-electron chi connectivity index (χ0n) is 16.7. The molecule has 3 fully saturated rings. The van der Waals surface area contributed by atoms with E-state index in [9.17, 15) is 10.2 Å². The molecule has 0 bridgehead atoms. The second-order valence-corrected chi connectivity index (χ2v) is 9.09. The minimum absolute atomic E-state index is 0.0545. The van der Waals surface area contributed by atoms with Crippen molar-refractivity contribution in [2.24, 2.45) is 11.8 Å². The first-order valence-electron chi connectivity index (χ1n) is 10.9.